The number of fused-ring (bicyclic) bond motifs is 1. The summed E-state index contributed by atoms with van der Waals surface area (Å²) in [6.45, 7) is 2.90. The van der Waals surface area contributed by atoms with E-state index in [9.17, 15) is 18.0 Å². The maximum absolute atomic E-state index is 12.6. The smallest absolute Gasteiger partial charge is 0.406 e. The van der Waals surface area contributed by atoms with Crippen molar-refractivity contribution in [1.29, 1.82) is 0 Å². The van der Waals surface area contributed by atoms with Crippen molar-refractivity contribution in [2.75, 3.05) is 6.54 Å². The number of hydrogen-bond donors (Lipinski definition) is 1. The molecule has 1 fully saturated rings. The predicted molar refractivity (Wildman–Crippen MR) is 123 cm³/mol. The quantitative estimate of drug-likeness (QED) is 0.543. The minimum atomic E-state index is -4.72. The van der Waals surface area contributed by atoms with Crippen LogP contribution in [0.4, 0.5) is 13.2 Å². The van der Waals surface area contributed by atoms with Gasteiger partial charge in [-0.1, -0.05) is 12.1 Å². The fourth-order valence-electron chi connectivity index (χ4n) is 4.40. The van der Waals surface area contributed by atoms with Gasteiger partial charge in [0.15, 0.2) is 0 Å². The first-order valence-corrected chi connectivity index (χ1v) is 11.3. The average molecular weight is 480 g/mol. The molecule has 35 heavy (non-hydrogen) atoms. The average Bonchev–Trinajstić information content (AvgIpc) is 3.48. The third-order valence-corrected chi connectivity index (χ3v) is 6.40. The Morgan fingerprint density at radius 2 is 1.89 bits per heavy atom. The minimum absolute atomic E-state index is 0.144. The lowest BCUT2D eigenvalue weighted by Crippen LogP contribution is -2.33. The summed E-state index contributed by atoms with van der Waals surface area (Å²) in [4.78, 5) is 26.0. The molecular formula is C26H23F3N4O2. The molecule has 180 valence electrons. The van der Waals surface area contributed by atoms with Crippen LogP contribution in [0.1, 0.15) is 46.5 Å². The molecular weight excluding hydrogens is 457 g/mol. The Balaban J connectivity index is 1.19. The van der Waals surface area contributed by atoms with Crippen LogP contribution < -0.4 is 10.1 Å². The van der Waals surface area contributed by atoms with E-state index in [1.807, 2.05) is 25.1 Å². The highest BCUT2D eigenvalue weighted by atomic mass is 19.4. The van der Waals surface area contributed by atoms with E-state index in [4.69, 9.17) is 0 Å². The zero-order valence-corrected chi connectivity index (χ0v) is 19.0. The molecule has 5 rings (SSSR count). The SMILES string of the molecule is Cc1cc(C2=NCc3cc(CC(=O)NCC4(c5ccc(OC(F)(F)F)cc5)CC4)ncc32)ccn1. The van der Waals surface area contributed by atoms with Crippen LogP contribution in [0, 0.1) is 6.92 Å². The normalized spacial score (nSPS) is 15.8. The molecule has 2 aliphatic rings. The summed E-state index contributed by atoms with van der Waals surface area (Å²) < 4.78 is 41.1. The van der Waals surface area contributed by atoms with Crippen LogP contribution >= 0.6 is 0 Å². The largest absolute Gasteiger partial charge is 0.573 e. The molecule has 1 aliphatic carbocycles. The Morgan fingerprint density at radius 3 is 2.57 bits per heavy atom. The zero-order chi connectivity index (χ0) is 24.6. The van der Waals surface area contributed by atoms with Gasteiger partial charge in [-0.2, -0.15) is 0 Å². The first-order chi connectivity index (χ1) is 16.7. The van der Waals surface area contributed by atoms with Gasteiger partial charge in [0.2, 0.25) is 5.91 Å². The van der Waals surface area contributed by atoms with Gasteiger partial charge in [-0.05, 0) is 61.2 Å². The Hall–Kier alpha value is -3.75. The maximum Gasteiger partial charge on any atom is 0.573 e. The van der Waals surface area contributed by atoms with Crippen LogP contribution in [0.5, 0.6) is 5.75 Å². The van der Waals surface area contributed by atoms with E-state index in [1.165, 1.54) is 12.1 Å². The molecule has 6 nitrogen and oxygen atoms in total. The first kappa shape index (κ1) is 23.0. The number of aliphatic imine (C=N–C) groups is 1. The van der Waals surface area contributed by atoms with E-state index in [0.29, 0.717) is 18.8 Å². The van der Waals surface area contributed by atoms with Gasteiger partial charge in [0.25, 0.3) is 0 Å². The van der Waals surface area contributed by atoms with E-state index in [-0.39, 0.29) is 23.5 Å². The summed E-state index contributed by atoms with van der Waals surface area (Å²) in [7, 11) is 0. The second-order valence-corrected chi connectivity index (χ2v) is 8.99. The van der Waals surface area contributed by atoms with Crippen molar-refractivity contribution < 1.29 is 22.7 Å². The standard InChI is InChI=1S/C26H23F3N4O2/c1-16-10-17(6-9-30-16)24-22-14-31-20(11-18(22)13-32-24)12-23(34)33-15-25(7-8-25)19-2-4-21(5-3-19)35-26(27,28)29/h2-6,9-11,14H,7-8,12-13,15H2,1H3,(H,33,34). The Bertz CT molecular complexity index is 1300. The monoisotopic (exact) mass is 480 g/mol. The van der Waals surface area contributed by atoms with Crippen LogP contribution in [0.15, 0.2) is 59.9 Å². The van der Waals surface area contributed by atoms with Crippen molar-refractivity contribution in [3.05, 3.63) is 88.5 Å². The lowest BCUT2D eigenvalue weighted by Gasteiger charge is -2.17. The molecule has 0 bridgehead atoms. The van der Waals surface area contributed by atoms with Gasteiger partial charge in [0.1, 0.15) is 5.75 Å². The number of pyridine rings is 2. The topological polar surface area (TPSA) is 76.5 Å². The van der Waals surface area contributed by atoms with Crippen molar-refractivity contribution in [2.45, 2.75) is 44.5 Å². The summed E-state index contributed by atoms with van der Waals surface area (Å²) in [5, 5.41) is 2.97. The number of aryl methyl sites for hydroxylation is 1. The number of nitrogens with zero attached hydrogens (tertiary/aromatic N) is 3. The Labute approximate surface area is 200 Å². The summed E-state index contributed by atoms with van der Waals surface area (Å²) in [6, 6.07) is 11.7. The highest BCUT2D eigenvalue weighted by Crippen LogP contribution is 2.48. The van der Waals surface area contributed by atoms with Crippen molar-refractivity contribution in [2.24, 2.45) is 4.99 Å². The van der Waals surface area contributed by atoms with Gasteiger partial charge < -0.3 is 10.1 Å². The van der Waals surface area contributed by atoms with Crippen LogP contribution in [0.3, 0.4) is 0 Å². The van der Waals surface area contributed by atoms with Gasteiger partial charge in [-0.3, -0.25) is 19.8 Å². The van der Waals surface area contributed by atoms with Gasteiger partial charge >= 0.3 is 6.36 Å². The van der Waals surface area contributed by atoms with Crippen molar-refractivity contribution in [3.8, 4) is 5.75 Å². The minimum Gasteiger partial charge on any atom is -0.406 e. The lowest BCUT2D eigenvalue weighted by molar-refractivity contribution is -0.274. The number of carbonyl (C=O) groups is 1. The van der Waals surface area contributed by atoms with Crippen LogP contribution in [-0.4, -0.2) is 34.5 Å². The second-order valence-electron chi connectivity index (χ2n) is 8.99. The molecule has 0 atom stereocenters. The first-order valence-electron chi connectivity index (χ1n) is 11.3. The van der Waals surface area contributed by atoms with Crippen LogP contribution in [0.25, 0.3) is 0 Å². The van der Waals surface area contributed by atoms with Crippen molar-refractivity contribution >= 4 is 11.6 Å². The van der Waals surface area contributed by atoms with Gasteiger partial charge in [0.05, 0.1) is 24.4 Å². The highest BCUT2D eigenvalue weighted by Gasteiger charge is 2.44. The summed E-state index contributed by atoms with van der Waals surface area (Å²) >= 11 is 0. The molecule has 1 saturated carbocycles. The molecule has 3 heterocycles. The highest BCUT2D eigenvalue weighted by molar-refractivity contribution is 6.15. The number of aromatic nitrogens is 2. The number of rotatable bonds is 7. The number of nitrogens with one attached hydrogen (secondary N) is 1. The van der Waals surface area contributed by atoms with E-state index in [1.54, 1.807) is 24.5 Å². The summed E-state index contributed by atoms with van der Waals surface area (Å²) in [6.07, 6.45) is 0.674. The maximum atomic E-state index is 12.6. The molecule has 2 aromatic heterocycles. The van der Waals surface area contributed by atoms with E-state index >= 15 is 0 Å². The number of carbonyl (C=O) groups excluding carboxylic acids is 1. The number of ether oxygens (including phenoxy) is 1. The van der Waals surface area contributed by atoms with Gasteiger partial charge in [0, 0.05) is 41.2 Å². The third kappa shape index (κ3) is 5.18. The Morgan fingerprint density at radius 1 is 1.11 bits per heavy atom. The predicted octanol–water partition coefficient (Wildman–Crippen LogP) is 4.43. The van der Waals surface area contributed by atoms with E-state index in [0.717, 1.165) is 46.5 Å². The number of amides is 1. The molecule has 9 heteroatoms. The number of alkyl halides is 3. The number of benzene rings is 1. The molecule has 3 aromatic rings. The number of hydrogen-bond acceptors (Lipinski definition) is 5. The number of halogens is 3. The molecule has 0 radical (unpaired) electrons. The molecule has 1 aliphatic heterocycles. The Kier molecular flexibility index (Phi) is 5.78. The fraction of sp³-hybridized carbons (Fsp3) is 0.308. The van der Waals surface area contributed by atoms with E-state index < -0.39 is 6.36 Å². The summed E-state index contributed by atoms with van der Waals surface area (Å²) in [5.41, 5.74) is 6.11. The van der Waals surface area contributed by atoms with Gasteiger partial charge in [-0.15, -0.1) is 13.2 Å². The van der Waals surface area contributed by atoms with Crippen LogP contribution in [-0.2, 0) is 23.2 Å². The fourth-order valence-corrected chi connectivity index (χ4v) is 4.40. The molecule has 0 spiro atoms. The van der Waals surface area contributed by atoms with Gasteiger partial charge in [-0.25, -0.2) is 0 Å². The molecule has 1 amide bonds. The molecule has 0 unspecified atom stereocenters. The molecule has 1 N–H and O–H groups in total. The lowest BCUT2D eigenvalue weighted by atomic mass is 9.95. The third-order valence-electron chi connectivity index (χ3n) is 6.40. The molecule has 1 aromatic carbocycles. The van der Waals surface area contributed by atoms with Crippen molar-refractivity contribution in [1.82, 2.24) is 15.3 Å². The van der Waals surface area contributed by atoms with Crippen molar-refractivity contribution in [3.63, 3.8) is 0 Å². The zero-order valence-electron chi connectivity index (χ0n) is 19.0. The molecule has 0 saturated heterocycles. The second kappa shape index (κ2) is 8.79. The van der Waals surface area contributed by atoms with Crippen LogP contribution in [0.2, 0.25) is 0 Å². The van der Waals surface area contributed by atoms with E-state index in [2.05, 4.69) is 25.0 Å². The summed E-state index contributed by atoms with van der Waals surface area (Å²) in [5.74, 6) is -0.403.